The van der Waals surface area contributed by atoms with E-state index >= 15 is 0 Å². The van der Waals surface area contributed by atoms with Gasteiger partial charge in [-0.15, -0.1) is 0 Å². The Morgan fingerprint density at radius 1 is 1.62 bits per heavy atom. The Morgan fingerprint density at radius 2 is 2.44 bits per heavy atom. The molecule has 1 fully saturated rings. The molecule has 2 heterocycles. The number of aryl methyl sites for hydroxylation is 1. The number of nitrogens with zero attached hydrogens (tertiary/aromatic N) is 1. The van der Waals surface area contributed by atoms with Gasteiger partial charge in [0.25, 0.3) is 5.56 Å². The first-order valence-electron chi connectivity index (χ1n) is 5.34. The first-order valence-corrected chi connectivity index (χ1v) is 6.42. The number of hydrogen-bond donors (Lipinski definition) is 0. The molecule has 0 aromatic carbocycles. The van der Waals surface area contributed by atoms with Gasteiger partial charge in [0, 0.05) is 19.3 Å². The molecular weight excluding hydrogens is 324 g/mol. The second-order valence-corrected chi connectivity index (χ2v) is 5.09. The van der Waals surface area contributed by atoms with E-state index in [1.807, 2.05) is 22.6 Å². The Balaban J connectivity index is 2.05. The average Bonchev–Trinajstić information content (AvgIpc) is 2.74. The normalized spacial score (nSPS) is 20.2. The first-order chi connectivity index (χ1) is 7.66. The fourth-order valence-electron chi connectivity index (χ4n) is 1.89. The molecule has 1 aromatic rings. The third-order valence-corrected chi connectivity index (χ3v) is 3.50. The van der Waals surface area contributed by atoms with E-state index in [1.165, 1.54) is 16.8 Å². The summed E-state index contributed by atoms with van der Waals surface area (Å²) in [4.78, 5) is 11.7. The predicted molar refractivity (Wildman–Crippen MR) is 67.0 cm³/mol. The lowest BCUT2D eigenvalue weighted by atomic mass is 10.2. The van der Waals surface area contributed by atoms with Crippen molar-refractivity contribution in [2.45, 2.75) is 31.9 Å². The summed E-state index contributed by atoms with van der Waals surface area (Å²) in [6.07, 6.45) is 4.40. The molecular formula is C11H13FINO2. The van der Waals surface area contributed by atoms with E-state index in [4.69, 9.17) is 4.74 Å². The van der Waals surface area contributed by atoms with Crippen LogP contribution in [0.4, 0.5) is 4.39 Å². The van der Waals surface area contributed by atoms with Gasteiger partial charge in [0.1, 0.15) is 5.82 Å². The zero-order valence-electron chi connectivity index (χ0n) is 8.79. The lowest BCUT2D eigenvalue weighted by Gasteiger charge is -2.11. The minimum atomic E-state index is -0.364. The molecule has 1 unspecified atom stereocenters. The molecule has 1 atom stereocenters. The lowest BCUT2D eigenvalue weighted by molar-refractivity contribution is 0.1000. The summed E-state index contributed by atoms with van der Waals surface area (Å²) in [5.41, 5.74) is -0.125. The third-order valence-electron chi connectivity index (χ3n) is 2.72. The summed E-state index contributed by atoms with van der Waals surface area (Å²) >= 11 is 1.86. The smallest absolute Gasteiger partial charge is 0.264 e. The summed E-state index contributed by atoms with van der Waals surface area (Å²) in [6, 6.07) is 1.26. The molecule has 2 rings (SSSR count). The van der Waals surface area contributed by atoms with Crippen molar-refractivity contribution >= 4 is 22.6 Å². The zero-order chi connectivity index (χ0) is 11.5. The average molecular weight is 337 g/mol. The second kappa shape index (κ2) is 5.27. The molecule has 5 heteroatoms. The van der Waals surface area contributed by atoms with Gasteiger partial charge in [-0.1, -0.05) is 0 Å². The minimum Gasteiger partial charge on any atom is -0.378 e. The van der Waals surface area contributed by atoms with Crippen molar-refractivity contribution in [3.63, 3.8) is 0 Å². The molecule has 3 nitrogen and oxygen atoms in total. The van der Waals surface area contributed by atoms with Crippen molar-refractivity contribution < 1.29 is 9.13 Å². The predicted octanol–water partition coefficient (Wildman–Crippen LogP) is 2.16. The van der Waals surface area contributed by atoms with E-state index in [1.54, 1.807) is 0 Å². The molecule has 16 heavy (non-hydrogen) atoms. The van der Waals surface area contributed by atoms with Gasteiger partial charge >= 0.3 is 0 Å². The van der Waals surface area contributed by atoms with Gasteiger partial charge in [-0.3, -0.25) is 4.79 Å². The number of rotatable bonds is 3. The van der Waals surface area contributed by atoms with E-state index in [0.717, 1.165) is 25.9 Å². The van der Waals surface area contributed by atoms with Gasteiger partial charge in [-0.25, -0.2) is 4.39 Å². The monoisotopic (exact) mass is 337 g/mol. The van der Waals surface area contributed by atoms with Crippen molar-refractivity contribution in [2.75, 3.05) is 6.61 Å². The molecule has 0 aliphatic carbocycles. The molecule has 88 valence electrons. The molecule has 0 amide bonds. The Labute approximate surface area is 107 Å². The molecule has 0 spiro atoms. The van der Waals surface area contributed by atoms with Crippen LogP contribution in [0.25, 0.3) is 0 Å². The standard InChI is InChI=1S/C11H13FINO2/c12-8-6-10(13)11(15)14(7-8)4-3-9-2-1-5-16-9/h6-7,9H,1-5H2. The van der Waals surface area contributed by atoms with Crippen LogP contribution in [0.3, 0.4) is 0 Å². The van der Waals surface area contributed by atoms with Crippen LogP contribution < -0.4 is 5.56 Å². The first kappa shape index (κ1) is 12.0. The highest BCUT2D eigenvalue weighted by Gasteiger charge is 2.15. The maximum atomic E-state index is 13.1. The topological polar surface area (TPSA) is 31.2 Å². The maximum absolute atomic E-state index is 13.1. The molecule has 0 saturated carbocycles. The SMILES string of the molecule is O=c1c(I)cc(F)cn1CCC1CCCO1. The van der Waals surface area contributed by atoms with Gasteiger partial charge in [-0.05, 0) is 47.9 Å². The number of hydrogen-bond acceptors (Lipinski definition) is 2. The molecule has 0 N–H and O–H groups in total. The van der Waals surface area contributed by atoms with Gasteiger partial charge in [0.05, 0.1) is 9.67 Å². The Morgan fingerprint density at radius 3 is 3.12 bits per heavy atom. The van der Waals surface area contributed by atoms with E-state index < -0.39 is 0 Å². The maximum Gasteiger partial charge on any atom is 0.264 e. The third kappa shape index (κ3) is 2.82. The molecule has 1 saturated heterocycles. The quantitative estimate of drug-likeness (QED) is 0.792. The van der Waals surface area contributed by atoms with E-state index in [-0.39, 0.29) is 17.5 Å². The molecule has 1 aromatic heterocycles. The largest absolute Gasteiger partial charge is 0.378 e. The number of aromatic nitrogens is 1. The highest BCUT2D eigenvalue weighted by Crippen LogP contribution is 2.15. The lowest BCUT2D eigenvalue weighted by Crippen LogP contribution is -2.24. The van der Waals surface area contributed by atoms with Crippen LogP contribution in [0.15, 0.2) is 17.1 Å². The fourth-order valence-corrected chi connectivity index (χ4v) is 2.49. The summed E-state index contributed by atoms with van der Waals surface area (Å²) in [6.45, 7) is 1.33. The van der Waals surface area contributed by atoms with E-state index in [0.29, 0.717) is 10.1 Å². The van der Waals surface area contributed by atoms with Crippen LogP contribution in [-0.4, -0.2) is 17.3 Å². The van der Waals surface area contributed by atoms with Crippen molar-refractivity contribution in [3.8, 4) is 0 Å². The Kier molecular flexibility index (Phi) is 3.96. The van der Waals surface area contributed by atoms with Gasteiger partial charge in [-0.2, -0.15) is 0 Å². The summed E-state index contributed by atoms with van der Waals surface area (Å²) < 4.78 is 20.4. The van der Waals surface area contributed by atoms with Crippen LogP contribution in [-0.2, 0) is 11.3 Å². The highest BCUT2D eigenvalue weighted by molar-refractivity contribution is 14.1. The van der Waals surface area contributed by atoms with Crippen LogP contribution in [0.2, 0.25) is 0 Å². The van der Waals surface area contributed by atoms with E-state index in [9.17, 15) is 9.18 Å². The number of pyridine rings is 1. The van der Waals surface area contributed by atoms with Gasteiger partial charge in [0.2, 0.25) is 0 Å². The van der Waals surface area contributed by atoms with Gasteiger partial charge in [0.15, 0.2) is 0 Å². The molecule has 0 bridgehead atoms. The van der Waals surface area contributed by atoms with Gasteiger partial charge < -0.3 is 9.30 Å². The second-order valence-electron chi connectivity index (χ2n) is 3.93. The highest BCUT2D eigenvalue weighted by atomic mass is 127. The number of halogens is 2. The van der Waals surface area contributed by atoms with Crippen molar-refractivity contribution in [1.82, 2.24) is 4.57 Å². The van der Waals surface area contributed by atoms with Crippen molar-refractivity contribution in [1.29, 1.82) is 0 Å². The number of ether oxygens (including phenoxy) is 1. The molecule has 1 aliphatic rings. The van der Waals surface area contributed by atoms with Crippen molar-refractivity contribution in [3.05, 3.63) is 32.0 Å². The molecule has 1 aliphatic heterocycles. The van der Waals surface area contributed by atoms with Crippen LogP contribution >= 0.6 is 22.6 Å². The Hall–Kier alpha value is -0.430. The van der Waals surface area contributed by atoms with Crippen LogP contribution in [0.1, 0.15) is 19.3 Å². The summed E-state index contributed by atoms with van der Waals surface area (Å²) in [5, 5.41) is 0. The fraction of sp³-hybridized carbons (Fsp3) is 0.545. The van der Waals surface area contributed by atoms with Crippen LogP contribution in [0, 0.1) is 9.39 Å². The minimum absolute atomic E-state index is 0.125. The van der Waals surface area contributed by atoms with Crippen LogP contribution in [0.5, 0.6) is 0 Å². The summed E-state index contributed by atoms with van der Waals surface area (Å²) in [7, 11) is 0. The van der Waals surface area contributed by atoms with E-state index in [2.05, 4.69) is 0 Å². The Bertz CT molecular complexity index is 426. The molecule has 0 radical (unpaired) electrons. The summed E-state index contributed by atoms with van der Waals surface area (Å²) in [5.74, 6) is -0.364. The van der Waals surface area contributed by atoms with Crippen molar-refractivity contribution in [2.24, 2.45) is 0 Å². The zero-order valence-corrected chi connectivity index (χ0v) is 10.9.